The number of pyridine rings is 1. The van der Waals surface area contributed by atoms with Crippen LogP contribution >= 0.6 is 22.6 Å². The van der Waals surface area contributed by atoms with Crippen LogP contribution in [0.1, 0.15) is 12.8 Å². The fraction of sp³-hybridized carbons (Fsp3) is 0.444. The van der Waals surface area contributed by atoms with Crippen molar-refractivity contribution in [1.82, 2.24) is 4.98 Å². The second kappa shape index (κ2) is 3.69. The monoisotopic (exact) mass is 290 g/mol. The second-order valence-electron chi connectivity index (χ2n) is 3.08. The van der Waals surface area contributed by atoms with Gasteiger partial charge in [0, 0.05) is 19.2 Å². The first-order valence-electron chi connectivity index (χ1n) is 4.30. The number of hydrogen-bond acceptors (Lipinski definition) is 3. The van der Waals surface area contributed by atoms with Gasteiger partial charge in [-0.15, -0.1) is 0 Å². The summed E-state index contributed by atoms with van der Waals surface area (Å²) in [6.07, 6.45) is 2.82. The highest BCUT2D eigenvalue weighted by Crippen LogP contribution is 2.28. The van der Waals surface area contributed by atoms with Crippen LogP contribution in [0.3, 0.4) is 0 Å². The molecule has 1 saturated carbocycles. The molecule has 0 bridgehead atoms. The fourth-order valence-electron chi connectivity index (χ4n) is 1.05. The van der Waals surface area contributed by atoms with E-state index < -0.39 is 0 Å². The van der Waals surface area contributed by atoms with Gasteiger partial charge < -0.3 is 10.1 Å². The van der Waals surface area contributed by atoms with E-state index in [0.29, 0.717) is 6.10 Å². The largest absolute Gasteiger partial charge is 0.490 e. The Bertz CT molecular complexity index is 312. The molecule has 3 nitrogen and oxygen atoms in total. The van der Waals surface area contributed by atoms with Crippen molar-refractivity contribution in [3.05, 3.63) is 15.8 Å². The van der Waals surface area contributed by atoms with Crippen LogP contribution in [-0.4, -0.2) is 18.1 Å². The zero-order valence-corrected chi connectivity index (χ0v) is 9.54. The minimum absolute atomic E-state index is 0.447. The van der Waals surface area contributed by atoms with Crippen molar-refractivity contribution in [2.24, 2.45) is 0 Å². The van der Waals surface area contributed by atoms with E-state index in [0.717, 1.165) is 15.3 Å². The molecule has 13 heavy (non-hydrogen) atoms. The van der Waals surface area contributed by atoms with Gasteiger partial charge in [0.1, 0.15) is 15.3 Å². The van der Waals surface area contributed by atoms with Crippen molar-refractivity contribution in [2.75, 3.05) is 12.4 Å². The first-order chi connectivity index (χ1) is 6.28. The first kappa shape index (κ1) is 9.05. The second-order valence-corrected chi connectivity index (χ2v) is 4.18. The highest BCUT2D eigenvalue weighted by atomic mass is 127. The Balaban J connectivity index is 2.17. The summed E-state index contributed by atoms with van der Waals surface area (Å²) in [4.78, 5) is 4.28. The summed E-state index contributed by atoms with van der Waals surface area (Å²) in [5.41, 5.74) is 0. The van der Waals surface area contributed by atoms with Crippen molar-refractivity contribution in [3.8, 4) is 5.75 Å². The molecule has 0 spiro atoms. The zero-order chi connectivity index (χ0) is 9.26. The average Bonchev–Trinajstić information content (AvgIpc) is 2.87. The molecule has 0 aliphatic heterocycles. The van der Waals surface area contributed by atoms with Crippen LogP contribution in [0, 0.1) is 3.70 Å². The molecule has 0 saturated heterocycles. The highest BCUT2D eigenvalue weighted by Gasteiger charge is 2.23. The third-order valence-corrected chi connectivity index (χ3v) is 2.40. The van der Waals surface area contributed by atoms with E-state index in [-0.39, 0.29) is 0 Å². The lowest BCUT2D eigenvalue weighted by Crippen LogP contribution is -1.99. The number of anilines is 1. The maximum atomic E-state index is 5.66. The van der Waals surface area contributed by atoms with E-state index in [2.05, 4.69) is 32.9 Å². The van der Waals surface area contributed by atoms with Gasteiger partial charge in [-0.25, -0.2) is 4.98 Å². The summed E-state index contributed by atoms with van der Waals surface area (Å²) >= 11 is 2.19. The lowest BCUT2D eigenvalue weighted by molar-refractivity contribution is 0.303. The Morgan fingerprint density at radius 2 is 2.31 bits per heavy atom. The molecule has 1 aromatic heterocycles. The SMILES string of the molecule is CNc1cc(OC2CC2)cc(I)n1. The third kappa shape index (κ3) is 2.46. The Morgan fingerprint density at radius 1 is 1.54 bits per heavy atom. The van der Waals surface area contributed by atoms with Crippen LogP contribution in [0.2, 0.25) is 0 Å². The molecule has 0 atom stereocenters. The molecule has 1 heterocycles. The maximum Gasteiger partial charge on any atom is 0.130 e. The minimum atomic E-state index is 0.447. The van der Waals surface area contributed by atoms with Crippen molar-refractivity contribution in [1.29, 1.82) is 0 Å². The number of rotatable bonds is 3. The third-order valence-electron chi connectivity index (χ3n) is 1.85. The van der Waals surface area contributed by atoms with E-state index in [9.17, 15) is 0 Å². The maximum absolute atomic E-state index is 5.66. The van der Waals surface area contributed by atoms with Gasteiger partial charge in [0.2, 0.25) is 0 Å². The molecule has 70 valence electrons. The Kier molecular flexibility index (Phi) is 2.57. The topological polar surface area (TPSA) is 34.1 Å². The van der Waals surface area contributed by atoms with Gasteiger partial charge in [-0.05, 0) is 35.4 Å². The summed E-state index contributed by atoms with van der Waals surface area (Å²) in [5.74, 6) is 1.79. The van der Waals surface area contributed by atoms with E-state index in [1.54, 1.807) is 0 Å². The molecular weight excluding hydrogens is 279 g/mol. The van der Waals surface area contributed by atoms with Gasteiger partial charge in [0.25, 0.3) is 0 Å². The molecule has 0 unspecified atom stereocenters. The predicted molar refractivity (Wildman–Crippen MR) is 60.2 cm³/mol. The highest BCUT2D eigenvalue weighted by molar-refractivity contribution is 14.1. The molecule has 0 aromatic carbocycles. The molecular formula is C9H11IN2O. The quantitative estimate of drug-likeness (QED) is 0.685. The van der Waals surface area contributed by atoms with Gasteiger partial charge in [-0.1, -0.05) is 0 Å². The van der Waals surface area contributed by atoms with Crippen molar-refractivity contribution in [2.45, 2.75) is 18.9 Å². The molecule has 2 rings (SSSR count). The van der Waals surface area contributed by atoms with Gasteiger partial charge in [-0.3, -0.25) is 0 Å². The summed E-state index contributed by atoms with van der Waals surface area (Å²) in [5, 5.41) is 3.01. The zero-order valence-electron chi connectivity index (χ0n) is 7.38. The summed E-state index contributed by atoms with van der Waals surface area (Å²) in [6, 6.07) is 3.89. The van der Waals surface area contributed by atoms with Crippen LogP contribution in [-0.2, 0) is 0 Å². The van der Waals surface area contributed by atoms with Gasteiger partial charge in [-0.2, -0.15) is 0 Å². The fourth-order valence-corrected chi connectivity index (χ4v) is 1.61. The van der Waals surface area contributed by atoms with Gasteiger partial charge in [0.15, 0.2) is 0 Å². The molecule has 0 amide bonds. The van der Waals surface area contributed by atoms with Crippen LogP contribution in [0.15, 0.2) is 12.1 Å². The molecule has 0 radical (unpaired) electrons. The van der Waals surface area contributed by atoms with Crippen molar-refractivity contribution in [3.63, 3.8) is 0 Å². The lowest BCUT2D eigenvalue weighted by Gasteiger charge is -2.06. The Morgan fingerprint density at radius 3 is 2.92 bits per heavy atom. The number of nitrogens with zero attached hydrogens (tertiary/aromatic N) is 1. The molecule has 1 fully saturated rings. The van der Waals surface area contributed by atoms with E-state index in [1.807, 2.05) is 19.2 Å². The van der Waals surface area contributed by atoms with Gasteiger partial charge in [0.05, 0.1) is 6.10 Å². The van der Waals surface area contributed by atoms with Gasteiger partial charge >= 0.3 is 0 Å². The molecule has 1 aliphatic rings. The van der Waals surface area contributed by atoms with E-state index in [1.165, 1.54) is 12.8 Å². The predicted octanol–water partition coefficient (Wildman–Crippen LogP) is 2.27. The van der Waals surface area contributed by atoms with Crippen LogP contribution in [0.25, 0.3) is 0 Å². The number of ether oxygens (including phenoxy) is 1. The molecule has 1 N–H and O–H groups in total. The molecule has 1 aromatic rings. The smallest absolute Gasteiger partial charge is 0.130 e. The van der Waals surface area contributed by atoms with Crippen molar-refractivity contribution >= 4 is 28.4 Å². The van der Waals surface area contributed by atoms with Crippen LogP contribution in [0.5, 0.6) is 5.75 Å². The summed E-state index contributed by atoms with van der Waals surface area (Å²) in [6.45, 7) is 0. The van der Waals surface area contributed by atoms with E-state index >= 15 is 0 Å². The lowest BCUT2D eigenvalue weighted by atomic mass is 10.4. The molecule has 1 aliphatic carbocycles. The normalized spacial score (nSPS) is 15.5. The number of nitrogens with one attached hydrogen (secondary N) is 1. The minimum Gasteiger partial charge on any atom is -0.490 e. The Labute approximate surface area is 91.0 Å². The number of hydrogen-bond donors (Lipinski definition) is 1. The summed E-state index contributed by atoms with van der Waals surface area (Å²) in [7, 11) is 1.86. The summed E-state index contributed by atoms with van der Waals surface area (Å²) < 4.78 is 6.62. The number of halogens is 1. The molecule has 4 heteroatoms. The van der Waals surface area contributed by atoms with E-state index in [4.69, 9.17) is 4.74 Å². The average molecular weight is 290 g/mol. The number of aromatic nitrogens is 1. The van der Waals surface area contributed by atoms with Crippen LogP contribution in [0.4, 0.5) is 5.82 Å². The Hall–Kier alpha value is -0.520. The standard InChI is InChI=1S/C9H11IN2O/c1-11-9-5-7(4-8(10)12-9)13-6-2-3-6/h4-6H,2-3H2,1H3,(H,11,12). The van der Waals surface area contributed by atoms with Crippen molar-refractivity contribution < 1.29 is 4.74 Å². The first-order valence-corrected chi connectivity index (χ1v) is 5.38. The van der Waals surface area contributed by atoms with Crippen LogP contribution < -0.4 is 10.1 Å².